The van der Waals surface area contributed by atoms with Crippen LogP contribution in [-0.2, 0) is 27.8 Å². The quantitative estimate of drug-likeness (QED) is 0.575. The molecule has 7 nitrogen and oxygen atoms in total. The van der Waals surface area contributed by atoms with E-state index in [4.69, 9.17) is 4.74 Å². The number of aryl methyl sites for hydroxylation is 1. The van der Waals surface area contributed by atoms with Crippen molar-refractivity contribution in [2.24, 2.45) is 0 Å². The second-order valence-electron chi connectivity index (χ2n) is 7.10. The van der Waals surface area contributed by atoms with Crippen LogP contribution in [0.3, 0.4) is 0 Å². The molecule has 158 valence electrons. The Morgan fingerprint density at radius 2 is 1.72 bits per heavy atom. The van der Waals surface area contributed by atoms with E-state index in [0.29, 0.717) is 17.7 Å². The van der Waals surface area contributed by atoms with E-state index in [9.17, 15) is 13.2 Å². The molecule has 0 spiro atoms. The molecule has 2 aromatic carbocycles. The molecule has 0 aliphatic heterocycles. The Hall–Kier alpha value is -2.26. The maximum absolute atomic E-state index is 12.6. The standard InChI is InChI=1S/C21H29N3O4S/c1-16-5-10-19(29(26,27)23-11-12-28-4)13-20(16)21(25)22-14-17-6-8-18(9-7-17)15-24(2)3/h5-10,13,23H,11-12,14-15H2,1-4H3,(H,22,25). The van der Waals surface area contributed by atoms with Gasteiger partial charge in [-0.2, -0.15) is 0 Å². The lowest BCUT2D eigenvalue weighted by molar-refractivity contribution is 0.0950. The van der Waals surface area contributed by atoms with Crippen LogP contribution in [0.2, 0.25) is 0 Å². The van der Waals surface area contributed by atoms with Gasteiger partial charge in [0.1, 0.15) is 0 Å². The zero-order valence-electron chi connectivity index (χ0n) is 17.4. The molecule has 0 aliphatic carbocycles. The number of sulfonamides is 1. The lowest BCUT2D eigenvalue weighted by Gasteiger charge is -2.12. The summed E-state index contributed by atoms with van der Waals surface area (Å²) in [6.07, 6.45) is 0. The van der Waals surface area contributed by atoms with Gasteiger partial charge < -0.3 is 15.0 Å². The van der Waals surface area contributed by atoms with Crippen molar-refractivity contribution in [3.05, 3.63) is 64.7 Å². The van der Waals surface area contributed by atoms with Gasteiger partial charge in [-0.25, -0.2) is 13.1 Å². The van der Waals surface area contributed by atoms with Crippen molar-refractivity contribution < 1.29 is 17.9 Å². The fourth-order valence-corrected chi connectivity index (χ4v) is 3.82. The van der Waals surface area contributed by atoms with Crippen molar-refractivity contribution in [2.75, 3.05) is 34.4 Å². The summed E-state index contributed by atoms with van der Waals surface area (Å²) >= 11 is 0. The Morgan fingerprint density at radius 1 is 1.07 bits per heavy atom. The molecular formula is C21H29N3O4S. The Bertz CT molecular complexity index is 925. The van der Waals surface area contributed by atoms with Gasteiger partial charge >= 0.3 is 0 Å². The van der Waals surface area contributed by atoms with Crippen LogP contribution in [-0.4, -0.2) is 53.6 Å². The Balaban J connectivity index is 2.06. The number of carbonyl (C=O) groups excluding carboxylic acids is 1. The third-order valence-electron chi connectivity index (χ3n) is 4.34. The van der Waals surface area contributed by atoms with E-state index in [1.54, 1.807) is 13.0 Å². The van der Waals surface area contributed by atoms with Crippen LogP contribution < -0.4 is 10.0 Å². The highest BCUT2D eigenvalue weighted by atomic mass is 32.2. The molecule has 0 fully saturated rings. The van der Waals surface area contributed by atoms with Crippen molar-refractivity contribution in [2.45, 2.75) is 24.9 Å². The molecule has 0 bridgehead atoms. The molecule has 2 N–H and O–H groups in total. The Labute approximate surface area is 173 Å². The topological polar surface area (TPSA) is 87.7 Å². The molecule has 2 rings (SSSR count). The zero-order chi connectivity index (χ0) is 21.4. The number of carbonyl (C=O) groups is 1. The van der Waals surface area contributed by atoms with Crippen molar-refractivity contribution in [1.82, 2.24) is 14.9 Å². The molecule has 0 radical (unpaired) electrons. The highest BCUT2D eigenvalue weighted by Gasteiger charge is 2.17. The number of hydrogen-bond donors (Lipinski definition) is 2. The third kappa shape index (κ3) is 6.93. The second kappa shape index (κ2) is 10.5. The molecule has 0 heterocycles. The summed E-state index contributed by atoms with van der Waals surface area (Å²) in [5.74, 6) is -0.311. The molecule has 8 heteroatoms. The maximum atomic E-state index is 12.6. The number of rotatable bonds is 10. The predicted molar refractivity (Wildman–Crippen MR) is 113 cm³/mol. The molecule has 29 heavy (non-hydrogen) atoms. The number of benzene rings is 2. The molecule has 0 aromatic heterocycles. The van der Waals surface area contributed by atoms with Gasteiger partial charge in [0.2, 0.25) is 10.0 Å². The SMILES string of the molecule is COCCNS(=O)(=O)c1ccc(C)c(C(=O)NCc2ccc(CN(C)C)cc2)c1. The summed E-state index contributed by atoms with van der Waals surface area (Å²) in [6, 6.07) is 12.6. The second-order valence-corrected chi connectivity index (χ2v) is 8.87. The highest BCUT2D eigenvalue weighted by molar-refractivity contribution is 7.89. The summed E-state index contributed by atoms with van der Waals surface area (Å²) in [7, 11) is 1.82. The fraction of sp³-hybridized carbons (Fsp3) is 0.381. The van der Waals surface area contributed by atoms with Gasteiger partial charge in [-0.3, -0.25) is 4.79 Å². The van der Waals surface area contributed by atoms with E-state index < -0.39 is 10.0 Å². The molecule has 1 amide bonds. The molecule has 2 aromatic rings. The third-order valence-corrected chi connectivity index (χ3v) is 5.80. The summed E-state index contributed by atoms with van der Waals surface area (Å²) in [4.78, 5) is 14.8. The van der Waals surface area contributed by atoms with Gasteiger partial charge in [0.25, 0.3) is 5.91 Å². The van der Waals surface area contributed by atoms with Gasteiger partial charge in [-0.1, -0.05) is 30.3 Å². The molecule has 0 atom stereocenters. The first kappa shape index (κ1) is 23.0. The smallest absolute Gasteiger partial charge is 0.251 e. The van der Waals surface area contributed by atoms with E-state index in [1.807, 2.05) is 38.4 Å². The first-order valence-electron chi connectivity index (χ1n) is 9.33. The zero-order valence-corrected chi connectivity index (χ0v) is 18.2. The lowest BCUT2D eigenvalue weighted by atomic mass is 10.1. The molecule has 0 saturated carbocycles. The van der Waals surface area contributed by atoms with Crippen molar-refractivity contribution >= 4 is 15.9 Å². The van der Waals surface area contributed by atoms with Gasteiger partial charge in [-0.15, -0.1) is 0 Å². The van der Waals surface area contributed by atoms with E-state index >= 15 is 0 Å². The number of ether oxygens (including phenoxy) is 1. The van der Waals surface area contributed by atoms with Crippen LogP contribution in [0.4, 0.5) is 0 Å². The number of nitrogens with one attached hydrogen (secondary N) is 2. The van der Waals surface area contributed by atoms with Crippen LogP contribution >= 0.6 is 0 Å². The van der Waals surface area contributed by atoms with E-state index in [1.165, 1.54) is 24.8 Å². The average Bonchev–Trinajstić information content (AvgIpc) is 2.67. The normalized spacial score (nSPS) is 11.6. The number of nitrogens with zero attached hydrogens (tertiary/aromatic N) is 1. The van der Waals surface area contributed by atoms with Crippen LogP contribution in [0.15, 0.2) is 47.4 Å². The van der Waals surface area contributed by atoms with Crippen molar-refractivity contribution in [1.29, 1.82) is 0 Å². The first-order chi connectivity index (χ1) is 13.7. The summed E-state index contributed by atoms with van der Waals surface area (Å²) in [5, 5.41) is 2.86. The van der Waals surface area contributed by atoms with Crippen molar-refractivity contribution in [3.8, 4) is 0 Å². The summed E-state index contributed by atoms with van der Waals surface area (Å²) < 4.78 is 32.1. The van der Waals surface area contributed by atoms with Gasteiger partial charge in [0.15, 0.2) is 0 Å². The number of amides is 1. The minimum absolute atomic E-state index is 0.0531. The maximum Gasteiger partial charge on any atom is 0.251 e. The Kier molecular flexibility index (Phi) is 8.33. The molecule has 0 saturated heterocycles. The van der Waals surface area contributed by atoms with E-state index in [0.717, 1.165) is 12.1 Å². The Morgan fingerprint density at radius 3 is 2.34 bits per heavy atom. The van der Waals surface area contributed by atoms with Gasteiger partial charge in [-0.05, 0) is 49.8 Å². The van der Waals surface area contributed by atoms with E-state index in [-0.39, 0.29) is 24.0 Å². The number of methoxy groups -OCH3 is 1. The minimum Gasteiger partial charge on any atom is -0.383 e. The minimum atomic E-state index is -3.70. The van der Waals surface area contributed by atoms with Crippen molar-refractivity contribution in [3.63, 3.8) is 0 Å². The number of hydrogen-bond acceptors (Lipinski definition) is 5. The summed E-state index contributed by atoms with van der Waals surface area (Å²) in [6.45, 7) is 3.43. The summed E-state index contributed by atoms with van der Waals surface area (Å²) in [5.41, 5.74) is 3.21. The van der Waals surface area contributed by atoms with Crippen LogP contribution in [0, 0.1) is 6.92 Å². The van der Waals surface area contributed by atoms with Gasteiger partial charge in [0.05, 0.1) is 11.5 Å². The lowest BCUT2D eigenvalue weighted by Crippen LogP contribution is -2.28. The first-order valence-corrected chi connectivity index (χ1v) is 10.8. The fourth-order valence-electron chi connectivity index (χ4n) is 2.78. The van der Waals surface area contributed by atoms with Crippen LogP contribution in [0.25, 0.3) is 0 Å². The average molecular weight is 420 g/mol. The van der Waals surface area contributed by atoms with Gasteiger partial charge in [0, 0.05) is 32.3 Å². The largest absolute Gasteiger partial charge is 0.383 e. The van der Waals surface area contributed by atoms with E-state index in [2.05, 4.69) is 14.9 Å². The van der Waals surface area contributed by atoms with Crippen LogP contribution in [0.5, 0.6) is 0 Å². The molecule has 0 aliphatic rings. The monoisotopic (exact) mass is 419 g/mol. The highest BCUT2D eigenvalue weighted by Crippen LogP contribution is 2.16. The predicted octanol–water partition coefficient (Wildman–Crippen LogP) is 1.91. The molecular weight excluding hydrogens is 390 g/mol. The van der Waals surface area contributed by atoms with Crippen LogP contribution in [0.1, 0.15) is 27.0 Å². The molecule has 0 unspecified atom stereocenters.